The van der Waals surface area contributed by atoms with Crippen LogP contribution in [0.2, 0.25) is 0 Å². The lowest BCUT2D eigenvalue weighted by Crippen LogP contribution is -2.27. The average molecular weight is 185 g/mol. The molecule has 0 aliphatic rings. The maximum atomic E-state index is 5.09. The van der Waals surface area contributed by atoms with Crippen molar-refractivity contribution < 1.29 is 0 Å². The number of rotatable bonds is 0. The van der Waals surface area contributed by atoms with Crippen molar-refractivity contribution >= 4 is 34.3 Å². The van der Waals surface area contributed by atoms with E-state index >= 15 is 0 Å². The van der Waals surface area contributed by atoms with Gasteiger partial charge in [0.1, 0.15) is 0 Å². The van der Waals surface area contributed by atoms with E-state index < -0.39 is 0 Å². The molecule has 0 bridgehead atoms. The van der Waals surface area contributed by atoms with Crippen LogP contribution in [0.4, 0.5) is 0 Å². The fraction of sp³-hybridized carbons (Fsp3) is 0.667. The molecule has 0 amide bonds. The second-order valence-corrected chi connectivity index (χ2v) is 1.65. The second-order valence-electron chi connectivity index (χ2n) is 1.23. The summed E-state index contributed by atoms with van der Waals surface area (Å²) >= 11 is 4.52. The fourth-order valence-electron chi connectivity index (χ4n) is 0. The first kappa shape index (κ1) is 10.2. The summed E-state index contributed by atoms with van der Waals surface area (Å²) in [6.07, 6.45) is 0. The molecular weight excluding hydrogens is 176 g/mol. The molecule has 0 aromatic rings. The van der Waals surface area contributed by atoms with Gasteiger partial charge >= 0.3 is 0 Å². The number of halogens is 1. The molecular formula is C3H9BrN2S. The quantitative estimate of drug-likeness (QED) is 0.553. The van der Waals surface area contributed by atoms with E-state index in [2.05, 4.69) is 12.2 Å². The number of thiocarbonyl (C=S) groups is 1. The molecule has 0 aliphatic carbocycles. The van der Waals surface area contributed by atoms with Gasteiger partial charge in [-0.15, -0.1) is 17.0 Å². The van der Waals surface area contributed by atoms with Crippen LogP contribution in [0.5, 0.6) is 0 Å². The molecule has 0 saturated carbocycles. The van der Waals surface area contributed by atoms with Gasteiger partial charge < -0.3 is 10.6 Å². The summed E-state index contributed by atoms with van der Waals surface area (Å²) in [6, 6.07) is 0. The second kappa shape index (κ2) is 4.33. The van der Waals surface area contributed by atoms with Crippen molar-refractivity contribution in [3.63, 3.8) is 0 Å². The number of hydrogen-bond donors (Lipinski definition) is 1. The van der Waals surface area contributed by atoms with Crippen LogP contribution < -0.4 is 5.73 Å². The molecule has 0 radical (unpaired) electrons. The van der Waals surface area contributed by atoms with Gasteiger partial charge in [-0.2, -0.15) is 0 Å². The van der Waals surface area contributed by atoms with Crippen LogP contribution in [0.3, 0.4) is 0 Å². The van der Waals surface area contributed by atoms with Gasteiger partial charge in [-0.3, -0.25) is 0 Å². The summed E-state index contributed by atoms with van der Waals surface area (Å²) < 4.78 is 0. The van der Waals surface area contributed by atoms with Crippen LogP contribution in [0, 0.1) is 0 Å². The first-order valence-electron chi connectivity index (χ1n) is 1.61. The minimum absolute atomic E-state index is 0. The van der Waals surface area contributed by atoms with Gasteiger partial charge in [0, 0.05) is 14.1 Å². The monoisotopic (exact) mass is 184 g/mol. The Balaban J connectivity index is 0. The minimum Gasteiger partial charge on any atom is -0.376 e. The highest BCUT2D eigenvalue weighted by Gasteiger charge is 1.82. The van der Waals surface area contributed by atoms with Gasteiger partial charge in [0.15, 0.2) is 5.11 Å². The summed E-state index contributed by atoms with van der Waals surface area (Å²) in [6.45, 7) is 0. The van der Waals surface area contributed by atoms with Gasteiger partial charge in [0.2, 0.25) is 0 Å². The van der Waals surface area contributed by atoms with Crippen molar-refractivity contribution in [2.75, 3.05) is 14.1 Å². The van der Waals surface area contributed by atoms with E-state index in [0.29, 0.717) is 5.11 Å². The summed E-state index contributed by atoms with van der Waals surface area (Å²) in [5.74, 6) is 0. The Bertz CT molecular complexity index is 64.0. The molecule has 0 rings (SSSR count). The Hall–Kier alpha value is 0.170. The molecule has 7 heavy (non-hydrogen) atoms. The molecule has 0 atom stereocenters. The van der Waals surface area contributed by atoms with Crippen LogP contribution in [0.1, 0.15) is 0 Å². The Labute approximate surface area is 59.4 Å². The fourth-order valence-corrected chi connectivity index (χ4v) is 0. The first-order valence-corrected chi connectivity index (χ1v) is 2.02. The minimum atomic E-state index is 0. The van der Waals surface area contributed by atoms with Crippen molar-refractivity contribution in [1.29, 1.82) is 0 Å². The molecule has 0 heterocycles. The molecule has 2 N–H and O–H groups in total. The summed E-state index contributed by atoms with van der Waals surface area (Å²) in [5, 5.41) is 0.426. The molecule has 0 unspecified atom stereocenters. The van der Waals surface area contributed by atoms with Crippen molar-refractivity contribution in [3.8, 4) is 0 Å². The summed E-state index contributed by atoms with van der Waals surface area (Å²) in [7, 11) is 3.62. The normalized spacial score (nSPS) is 6.57. The van der Waals surface area contributed by atoms with Crippen molar-refractivity contribution in [2.24, 2.45) is 5.73 Å². The molecule has 44 valence electrons. The largest absolute Gasteiger partial charge is 0.376 e. The van der Waals surface area contributed by atoms with Gasteiger partial charge in [-0.25, -0.2) is 0 Å². The van der Waals surface area contributed by atoms with Crippen LogP contribution >= 0.6 is 29.2 Å². The molecule has 0 aromatic heterocycles. The van der Waals surface area contributed by atoms with Gasteiger partial charge in [-0.05, 0) is 12.2 Å². The van der Waals surface area contributed by atoms with Crippen LogP contribution in [0.15, 0.2) is 0 Å². The molecule has 2 nitrogen and oxygen atoms in total. The third kappa shape index (κ3) is 6.17. The van der Waals surface area contributed by atoms with Crippen LogP contribution in [-0.4, -0.2) is 24.1 Å². The molecule has 4 heteroatoms. The Morgan fingerprint density at radius 1 is 1.57 bits per heavy atom. The Morgan fingerprint density at radius 2 is 1.71 bits per heavy atom. The highest BCUT2D eigenvalue weighted by Crippen LogP contribution is 1.67. The summed E-state index contributed by atoms with van der Waals surface area (Å²) in [5.41, 5.74) is 5.09. The van der Waals surface area contributed by atoms with Gasteiger partial charge in [-0.1, -0.05) is 0 Å². The molecule has 0 aromatic carbocycles. The third-order valence-electron chi connectivity index (χ3n) is 0.441. The maximum Gasteiger partial charge on any atom is 0.165 e. The zero-order valence-corrected chi connectivity index (χ0v) is 6.87. The zero-order valence-electron chi connectivity index (χ0n) is 4.34. The highest BCUT2D eigenvalue weighted by molar-refractivity contribution is 8.93. The molecule has 0 saturated heterocycles. The SMILES string of the molecule is Br.CN(C)C(N)=S. The maximum absolute atomic E-state index is 5.09. The highest BCUT2D eigenvalue weighted by atomic mass is 79.9. The summed E-state index contributed by atoms with van der Waals surface area (Å²) in [4.78, 5) is 1.68. The molecule has 0 fully saturated rings. The number of hydrogen-bond acceptors (Lipinski definition) is 1. The van der Waals surface area contributed by atoms with Crippen molar-refractivity contribution in [1.82, 2.24) is 4.90 Å². The standard InChI is InChI=1S/C3H8N2S.BrH/c1-5(2)3(4)6;/h1-2H3,(H2,4,6);1H. The average Bonchev–Trinajstić information content (AvgIpc) is 1.36. The number of nitrogens with two attached hydrogens (primary N) is 1. The lowest BCUT2D eigenvalue weighted by Gasteiger charge is -2.05. The predicted molar refractivity (Wildman–Crippen MR) is 40.8 cm³/mol. The number of nitrogens with zero attached hydrogens (tertiary/aromatic N) is 1. The zero-order chi connectivity index (χ0) is 5.15. The Kier molecular flexibility index (Phi) is 6.32. The van der Waals surface area contributed by atoms with Gasteiger partial charge in [0.25, 0.3) is 0 Å². The van der Waals surface area contributed by atoms with Crippen LogP contribution in [-0.2, 0) is 0 Å². The van der Waals surface area contributed by atoms with Gasteiger partial charge in [0.05, 0.1) is 0 Å². The van der Waals surface area contributed by atoms with Crippen LogP contribution in [0.25, 0.3) is 0 Å². The lowest BCUT2D eigenvalue weighted by atomic mass is 10.9. The van der Waals surface area contributed by atoms with E-state index in [-0.39, 0.29) is 17.0 Å². The van der Waals surface area contributed by atoms with E-state index in [4.69, 9.17) is 5.73 Å². The topological polar surface area (TPSA) is 29.3 Å². The Morgan fingerprint density at radius 3 is 1.71 bits per heavy atom. The van der Waals surface area contributed by atoms with E-state index in [1.165, 1.54) is 0 Å². The van der Waals surface area contributed by atoms with Crippen molar-refractivity contribution in [2.45, 2.75) is 0 Å². The molecule has 0 aliphatic heterocycles. The lowest BCUT2D eigenvalue weighted by molar-refractivity contribution is 0.628. The first-order chi connectivity index (χ1) is 2.64. The third-order valence-corrected chi connectivity index (χ3v) is 0.806. The predicted octanol–water partition coefficient (Wildman–Crippen LogP) is 0.370. The molecule has 0 spiro atoms. The van der Waals surface area contributed by atoms with E-state index in [0.717, 1.165) is 0 Å². The van der Waals surface area contributed by atoms with E-state index in [9.17, 15) is 0 Å². The van der Waals surface area contributed by atoms with E-state index in [1.54, 1.807) is 4.90 Å². The van der Waals surface area contributed by atoms with E-state index in [1.807, 2.05) is 14.1 Å². The smallest absolute Gasteiger partial charge is 0.165 e. The van der Waals surface area contributed by atoms with Crippen molar-refractivity contribution in [3.05, 3.63) is 0 Å².